The molecule has 7 heteroatoms. The highest BCUT2D eigenvalue weighted by molar-refractivity contribution is 6.02. The maximum atomic E-state index is 12.8. The van der Waals surface area contributed by atoms with Crippen LogP contribution in [0.5, 0.6) is 0 Å². The molecule has 4 rings (SSSR count). The van der Waals surface area contributed by atoms with Crippen molar-refractivity contribution in [3.05, 3.63) is 53.6 Å². The first-order valence-electron chi connectivity index (χ1n) is 12.4. The average Bonchev–Trinajstić information content (AvgIpc) is 3.18. The van der Waals surface area contributed by atoms with Crippen molar-refractivity contribution in [2.24, 2.45) is 5.92 Å². The molecular formula is C28H34N4O3. The van der Waals surface area contributed by atoms with E-state index in [1.54, 1.807) is 12.0 Å². The molecule has 2 aliphatic heterocycles. The zero-order valence-electron chi connectivity index (χ0n) is 20.7. The molecule has 2 aliphatic rings. The minimum atomic E-state index is -0.583. The lowest BCUT2D eigenvalue weighted by Crippen LogP contribution is -2.55. The SMILES string of the molecule is COCCN1C(=O)Cc2ccc(-c3ccc(C[C@@H](C#N)NC(=O)[C@H]4N[C@@H](C)CC[C@H]4C)cc3)cc21. The summed E-state index contributed by atoms with van der Waals surface area (Å²) in [4.78, 5) is 27.0. The van der Waals surface area contributed by atoms with Gasteiger partial charge in [-0.2, -0.15) is 5.26 Å². The fourth-order valence-electron chi connectivity index (χ4n) is 4.99. The van der Waals surface area contributed by atoms with Gasteiger partial charge in [-0.15, -0.1) is 0 Å². The van der Waals surface area contributed by atoms with E-state index in [0.29, 0.717) is 32.0 Å². The van der Waals surface area contributed by atoms with Gasteiger partial charge in [-0.1, -0.05) is 43.3 Å². The van der Waals surface area contributed by atoms with Gasteiger partial charge in [-0.3, -0.25) is 9.59 Å². The van der Waals surface area contributed by atoms with Crippen LogP contribution in [0.25, 0.3) is 11.1 Å². The van der Waals surface area contributed by atoms with Gasteiger partial charge in [0, 0.05) is 31.8 Å². The van der Waals surface area contributed by atoms with Crippen molar-refractivity contribution in [1.82, 2.24) is 10.6 Å². The Morgan fingerprint density at radius 1 is 1.20 bits per heavy atom. The third-order valence-electron chi connectivity index (χ3n) is 7.11. The van der Waals surface area contributed by atoms with Gasteiger partial charge in [0.1, 0.15) is 6.04 Å². The monoisotopic (exact) mass is 474 g/mol. The molecule has 0 bridgehead atoms. The van der Waals surface area contributed by atoms with Crippen molar-refractivity contribution in [3.8, 4) is 17.2 Å². The number of benzene rings is 2. The van der Waals surface area contributed by atoms with Crippen molar-refractivity contribution in [1.29, 1.82) is 5.26 Å². The summed E-state index contributed by atoms with van der Waals surface area (Å²) in [6.07, 6.45) is 2.94. The van der Waals surface area contributed by atoms with E-state index in [9.17, 15) is 14.9 Å². The number of nitrogens with one attached hydrogen (secondary N) is 2. The molecule has 1 saturated heterocycles. The lowest BCUT2D eigenvalue weighted by molar-refractivity contribution is -0.125. The highest BCUT2D eigenvalue weighted by Gasteiger charge is 2.31. The number of carbonyl (C=O) groups is 2. The lowest BCUT2D eigenvalue weighted by Gasteiger charge is -2.33. The maximum Gasteiger partial charge on any atom is 0.238 e. The second-order valence-electron chi connectivity index (χ2n) is 9.75. The van der Waals surface area contributed by atoms with Crippen molar-refractivity contribution in [2.75, 3.05) is 25.2 Å². The molecule has 2 N–H and O–H groups in total. The van der Waals surface area contributed by atoms with Crippen molar-refractivity contribution in [3.63, 3.8) is 0 Å². The smallest absolute Gasteiger partial charge is 0.238 e. The van der Waals surface area contributed by atoms with Gasteiger partial charge < -0.3 is 20.3 Å². The van der Waals surface area contributed by atoms with Crippen LogP contribution in [0.4, 0.5) is 5.69 Å². The first-order chi connectivity index (χ1) is 16.9. The molecule has 0 radical (unpaired) electrons. The second kappa shape index (κ2) is 11.0. The Bertz CT molecular complexity index is 1110. The molecule has 4 atom stereocenters. The molecule has 0 spiro atoms. The third-order valence-corrected chi connectivity index (χ3v) is 7.11. The van der Waals surface area contributed by atoms with E-state index in [-0.39, 0.29) is 23.8 Å². The van der Waals surface area contributed by atoms with E-state index in [4.69, 9.17) is 4.74 Å². The van der Waals surface area contributed by atoms with Crippen molar-refractivity contribution in [2.45, 2.75) is 57.7 Å². The van der Waals surface area contributed by atoms with Gasteiger partial charge in [0.2, 0.25) is 11.8 Å². The zero-order chi connectivity index (χ0) is 24.9. The van der Waals surface area contributed by atoms with E-state index in [0.717, 1.165) is 40.8 Å². The Morgan fingerprint density at radius 3 is 2.66 bits per heavy atom. The quantitative estimate of drug-likeness (QED) is 0.613. The van der Waals surface area contributed by atoms with E-state index < -0.39 is 6.04 Å². The molecule has 1 fully saturated rings. The van der Waals surface area contributed by atoms with E-state index in [1.165, 1.54) is 0 Å². The predicted octanol–water partition coefficient (Wildman–Crippen LogP) is 3.22. The van der Waals surface area contributed by atoms with Crippen LogP contribution in [0, 0.1) is 17.2 Å². The van der Waals surface area contributed by atoms with Gasteiger partial charge >= 0.3 is 0 Å². The summed E-state index contributed by atoms with van der Waals surface area (Å²) >= 11 is 0. The number of methoxy groups -OCH3 is 1. The highest BCUT2D eigenvalue weighted by Crippen LogP contribution is 2.33. The molecule has 2 heterocycles. The molecular weight excluding hydrogens is 440 g/mol. The number of carbonyl (C=O) groups excluding carboxylic acids is 2. The molecule has 2 aromatic carbocycles. The van der Waals surface area contributed by atoms with Crippen molar-refractivity contribution >= 4 is 17.5 Å². The standard InChI is InChI=1S/C28H34N4O3/c1-18-4-5-19(2)30-27(18)28(34)31-24(17-29)14-20-6-8-21(9-7-20)22-10-11-23-16-26(33)32(12-13-35-3)25(23)15-22/h6-11,15,18-19,24,27,30H,4-5,12-14,16H2,1-3H3,(H,31,34)/t18-,19+,24+,27+/m1/s1. The summed E-state index contributed by atoms with van der Waals surface area (Å²) in [5.74, 6) is 0.247. The first kappa shape index (κ1) is 24.9. The molecule has 2 aromatic rings. The van der Waals surface area contributed by atoms with Crippen molar-refractivity contribution < 1.29 is 14.3 Å². The Morgan fingerprint density at radius 2 is 1.94 bits per heavy atom. The van der Waals surface area contributed by atoms with Crippen LogP contribution in [-0.4, -0.2) is 50.2 Å². The van der Waals surface area contributed by atoms with Gasteiger partial charge in [-0.25, -0.2) is 0 Å². The fourth-order valence-corrected chi connectivity index (χ4v) is 4.99. The number of hydrogen-bond donors (Lipinski definition) is 2. The number of nitriles is 1. The molecule has 0 saturated carbocycles. The minimum Gasteiger partial charge on any atom is -0.383 e. The van der Waals surface area contributed by atoms with Gasteiger partial charge in [0.05, 0.1) is 25.1 Å². The van der Waals surface area contributed by atoms with E-state index in [1.807, 2.05) is 36.4 Å². The number of ether oxygens (including phenoxy) is 1. The summed E-state index contributed by atoms with van der Waals surface area (Å²) in [6.45, 7) is 5.20. The molecule has 184 valence electrons. The van der Waals surface area contributed by atoms with E-state index >= 15 is 0 Å². The van der Waals surface area contributed by atoms with Crippen LogP contribution in [0.15, 0.2) is 42.5 Å². The Labute approximate surface area is 207 Å². The van der Waals surface area contributed by atoms with Crippen LogP contribution in [0.1, 0.15) is 37.8 Å². The number of amides is 2. The molecule has 0 aliphatic carbocycles. The maximum absolute atomic E-state index is 12.8. The summed E-state index contributed by atoms with van der Waals surface area (Å²) in [5.41, 5.74) is 5.03. The van der Waals surface area contributed by atoms with Crippen LogP contribution < -0.4 is 15.5 Å². The summed E-state index contributed by atoms with van der Waals surface area (Å²) < 4.78 is 5.16. The lowest BCUT2D eigenvalue weighted by atomic mass is 9.88. The normalized spacial score (nSPS) is 22.4. The zero-order valence-corrected chi connectivity index (χ0v) is 20.7. The Hall–Kier alpha value is -3.21. The minimum absolute atomic E-state index is 0.0985. The second-order valence-corrected chi connectivity index (χ2v) is 9.75. The van der Waals surface area contributed by atoms with Crippen LogP contribution in [0.3, 0.4) is 0 Å². The van der Waals surface area contributed by atoms with Crippen LogP contribution >= 0.6 is 0 Å². The van der Waals surface area contributed by atoms with E-state index in [2.05, 4.69) is 36.6 Å². The topological polar surface area (TPSA) is 94.5 Å². The number of rotatable bonds is 8. The molecule has 0 unspecified atom stereocenters. The molecule has 7 nitrogen and oxygen atoms in total. The van der Waals surface area contributed by atoms with Crippen LogP contribution in [0.2, 0.25) is 0 Å². The first-order valence-corrected chi connectivity index (χ1v) is 12.4. The predicted molar refractivity (Wildman–Crippen MR) is 136 cm³/mol. The highest BCUT2D eigenvalue weighted by atomic mass is 16.5. The van der Waals surface area contributed by atoms with Gasteiger partial charge in [-0.05, 0) is 54.0 Å². The number of nitrogens with zero attached hydrogens (tertiary/aromatic N) is 2. The van der Waals surface area contributed by atoms with Crippen LogP contribution in [-0.2, 0) is 27.2 Å². The number of fused-ring (bicyclic) bond motifs is 1. The third kappa shape index (κ3) is 5.72. The number of hydrogen-bond acceptors (Lipinski definition) is 5. The number of piperidine rings is 1. The molecule has 35 heavy (non-hydrogen) atoms. The molecule has 2 amide bonds. The van der Waals surface area contributed by atoms with Gasteiger partial charge in [0.25, 0.3) is 0 Å². The molecule has 0 aromatic heterocycles. The average molecular weight is 475 g/mol. The summed E-state index contributed by atoms with van der Waals surface area (Å²) in [5, 5.41) is 15.9. The Kier molecular flexibility index (Phi) is 7.84. The fraction of sp³-hybridized carbons (Fsp3) is 0.464. The van der Waals surface area contributed by atoms with Gasteiger partial charge in [0.15, 0.2) is 0 Å². The number of anilines is 1. The summed E-state index contributed by atoms with van der Waals surface area (Å²) in [6, 6.07) is 15.9. The summed E-state index contributed by atoms with van der Waals surface area (Å²) in [7, 11) is 1.63. The largest absolute Gasteiger partial charge is 0.383 e. The Balaban J connectivity index is 1.42.